The normalized spacial score (nSPS) is 18.5. The van der Waals surface area contributed by atoms with Crippen LogP contribution in [0.1, 0.15) is 29.0 Å². The van der Waals surface area contributed by atoms with Gasteiger partial charge >= 0.3 is 0 Å². The largest absolute Gasteiger partial charge is 0.264 e. The van der Waals surface area contributed by atoms with Crippen molar-refractivity contribution in [3.8, 4) is 0 Å². The Morgan fingerprint density at radius 2 is 2.00 bits per heavy atom. The van der Waals surface area contributed by atoms with Crippen LogP contribution in [0, 0.1) is 13.8 Å². The van der Waals surface area contributed by atoms with Gasteiger partial charge in [-0.1, -0.05) is 12.1 Å². The minimum atomic E-state index is -3.58. The van der Waals surface area contributed by atoms with E-state index < -0.39 is 10.0 Å². The van der Waals surface area contributed by atoms with E-state index in [1.807, 2.05) is 38.2 Å². The molecule has 3 aromatic rings. The van der Waals surface area contributed by atoms with Gasteiger partial charge in [0.2, 0.25) is 10.0 Å². The lowest BCUT2D eigenvalue weighted by Crippen LogP contribution is -2.29. The summed E-state index contributed by atoms with van der Waals surface area (Å²) in [5.41, 5.74) is 3.85. The second kappa shape index (κ2) is 6.45. The van der Waals surface area contributed by atoms with Crippen LogP contribution in [0.4, 0.5) is 0 Å². The first-order valence-electron chi connectivity index (χ1n) is 8.73. The van der Waals surface area contributed by atoms with Gasteiger partial charge in [-0.05, 0) is 55.2 Å². The molecule has 0 N–H and O–H groups in total. The zero-order valence-electron chi connectivity index (χ0n) is 14.9. The van der Waals surface area contributed by atoms with E-state index in [-0.39, 0.29) is 5.92 Å². The van der Waals surface area contributed by atoms with E-state index in [4.69, 9.17) is 0 Å². The average Bonchev–Trinajstić information content (AvgIpc) is 3.12. The van der Waals surface area contributed by atoms with Gasteiger partial charge in [0.15, 0.2) is 0 Å². The highest BCUT2D eigenvalue weighted by Crippen LogP contribution is 2.33. The number of sulfonamides is 1. The minimum absolute atomic E-state index is 0.184. The van der Waals surface area contributed by atoms with E-state index in [9.17, 15) is 8.42 Å². The molecule has 1 aliphatic rings. The highest BCUT2D eigenvalue weighted by molar-refractivity contribution is 7.89. The number of nitrogens with zero attached hydrogens (tertiary/aromatic N) is 3. The second-order valence-corrected chi connectivity index (χ2v) is 8.83. The Morgan fingerprint density at radius 1 is 1.15 bits per heavy atom. The van der Waals surface area contributed by atoms with Crippen LogP contribution in [0.5, 0.6) is 0 Å². The number of hydrogen-bond acceptors (Lipinski definition) is 4. The third kappa shape index (κ3) is 2.89. The molecule has 2 aromatic heterocycles. The van der Waals surface area contributed by atoms with Crippen molar-refractivity contribution < 1.29 is 8.42 Å². The lowest BCUT2D eigenvalue weighted by Gasteiger charge is -2.18. The van der Waals surface area contributed by atoms with Gasteiger partial charge in [-0.2, -0.15) is 4.31 Å². The van der Waals surface area contributed by atoms with Gasteiger partial charge in [0.1, 0.15) is 4.90 Å². The molecule has 1 aliphatic heterocycles. The summed E-state index contributed by atoms with van der Waals surface area (Å²) in [5.74, 6) is 0.184. The molecule has 0 amide bonds. The summed E-state index contributed by atoms with van der Waals surface area (Å²) in [6.45, 7) is 5.00. The van der Waals surface area contributed by atoms with E-state index in [1.165, 1.54) is 0 Å². The maximum atomic E-state index is 13.3. The van der Waals surface area contributed by atoms with Crippen molar-refractivity contribution in [3.63, 3.8) is 0 Å². The molecule has 0 bridgehead atoms. The van der Waals surface area contributed by atoms with E-state index in [0.29, 0.717) is 23.5 Å². The van der Waals surface area contributed by atoms with E-state index in [1.54, 1.807) is 28.8 Å². The van der Waals surface area contributed by atoms with Gasteiger partial charge in [-0.25, -0.2) is 8.42 Å². The Morgan fingerprint density at radius 3 is 2.81 bits per heavy atom. The third-order valence-electron chi connectivity index (χ3n) is 5.10. The summed E-state index contributed by atoms with van der Waals surface area (Å²) in [6, 6.07) is 9.29. The first kappa shape index (κ1) is 17.1. The molecule has 0 spiro atoms. The molecule has 1 atom stereocenters. The van der Waals surface area contributed by atoms with E-state index in [0.717, 1.165) is 28.5 Å². The number of hydrogen-bond donors (Lipinski definition) is 0. The van der Waals surface area contributed by atoms with Crippen LogP contribution in [0.2, 0.25) is 0 Å². The van der Waals surface area contributed by atoms with Crippen molar-refractivity contribution in [2.24, 2.45) is 0 Å². The topological polar surface area (TPSA) is 63.2 Å². The maximum Gasteiger partial charge on any atom is 0.245 e. The second-order valence-electron chi connectivity index (χ2n) is 6.92. The van der Waals surface area contributed by atoms with Crippen LogP contribution >= 0.6 is 0 Å². The summed E-state index contributed by atoms with van der Waals surface area (Å²) < 4.78 is 28.1. The molecule has 0 saturated carbocycles. The summed E-state index contributed by atoms with van der Waals surface area (Å²) >= 11 is 0. The lowest BCUT2D eigenvalue weighted by atomic mass is 9.96. The average molecular weight is 367 g/mol. The number of para-hydroxylation sites is 1. The van der Waals surface area contributed by atoms with Gasteiger partial charge in [0, 0.05) is 43.0 Å². The van der Waals surface area contributed by atoms with Crippen molar-refractivity contribution in [3.05, 3.63) is 65.6 Å². The molecule has 1 unspecified atom stereocenters. The fourth-order valence-corrected chi connectivity index (χ4v) is 5.36. The van der Waals surface area contributed by atoms with Gasteiger partial charge in [-0.3, -0.25) is 9.97 Å². The molecule has 0 radical (unpaired) electrons. The molecule has 26 heavy (non-hydrogen) atoms. The molecule has 1 fully saturated rings. The first-order valence-corrected chi connectivity index (χ1v) is 10.2. The fraction of sp³-hybridized carbons (Fsp3) is 0.300. The van der Waals surface area contributed by atoms with Crippen molar-refractivity contribution >= 4 is 20.9 Å². The molecule has 6 heteroatoms. The molecule has 1 aromatic carbocycles. The minimum Gasteiger partial charge on any atom is -0.264 e. The molecule has 0 aliphatic carbocycles. The van der Waals surface area contributed by atoms with Gasteiger partial charge in [0.05, 0.1) is 5.52 Å². The van der Waals surface area contributed by atoms with Crippen LogP contribution in [0.25, 0.3) is 10.9 Å². The zero-order chi connectivity index (χ0) is 18.3. The number of pyridine rings is 2. The van der Waals surface area contributed by atoms with Gasteiger partial charge in [0.25, 0.3) is 0 Å². The van der Waals surface area contributed by atoms with Crippen LogP contribution < -0.4 is 0 Å². The summed E-state index contributed by atoms with van der Waals surface area (Å²) in [7, 11) is -3.58. The van der Waals surface area contributed by atoms with E-state index >= 15 is 0 Å². The maximum absolute atomic E-state index is 13.3. The molecule has 4 rings (SSSR count). The van der Waals surface area contributed by atoms with E-state index in [2.05, 4.69) is 9.97 Å². The third-order valence-corrected chi connectivity index (χ3v) is 7.00. The van der Waals surface area contributed by atoms with Crippen molar-refractivity contribution in [2.45, 2.75) is 31.1 Å². The Balaban J connectivity index is 1.69. The summed E-state index contributed by atoms with van der Waals surface area (Å²) in [6.07, 6.45) is 6.15. The quantitative estimate of drug-likeness (QED) is 0.711. The highest BCUT2D eigenvalue weighted by Gasteiger charge is 2.34. The SMILES string of the molecule is Cc1cnc2c(S(=O)(=O)N3CCC(c4cnccc4C)C3)cccc2c1. The van der Waals surface area contributed by atoms with Crippen LogP contribution in [0.15, 0.2) is 53.8 Å². The van der Waals surface area contributed by atoms with Crippen LogP contribution in [-0.4, -0.2) is 35.8 Å². The first-order chi connectivity index (χ1) is 12.5. The van der Waals surface area contributed by atoms with Gasteiger partial charge in [-0.15, -0.1) is 0 Å². The Labute approximate surface area is 153 Å². The standard InChI is InChI=1S/C20H21N3O2S/c1-14-10-16-4-3-5-19(20(16)22-11-14)26(24,25)23-9-7-17(13-23)18-12-21-8-6-15(18)2/h3-6,8,10-12,17H,7,9,13H2,1-2H3. The predicted octanol–water partition coefficient (Wildman–Crippen LogP) is 3.42. The Bertz CT molecular complexity index is 1080. The molecule has 3 heterocycles. The van der Waals surface area contributed by atoms with Gasteiger partial charge < -0.3 is 0 Å². The zero-order valence-corrected chi connectivity index (χ0v) is 15.7. The van der Waals surface area contributed by atoms with Crippen molar-refractivity contribution in [1.29, 1.82) is 0 Å². The fourth-order valence-electron chi connectivity index (χ4n) is 3.69. The van der Waals surface area contributed by atoms with Crippen molar-refractivity contribution in [1.82, 2.24) is 14.3 Å². The van der Waals surface area contributed by atoms with Crippen LogP contribution in [0.3, 0.4) is 0 Å². The summed E-state index contributed by atoms with van der Waals surface area (Å²) in [5, 5.41) is 0.852. The highest BCUT2D eigenvalue weighted by atomic mass is 32.2. The summed E-state index contributed by atoms with van der Waals surface area (Å²) in [4.78, 5) is 8.89. The predicted molar refractivity (Wildman–Crippen MR) is 102 cm³/mol. The molecular weight excluding hydrogens is 346 g/mol. The Hall–Kier alpha value is -2.31. The number of aryl methyl sites for hydroxylation is 2. The lowest BCUT2D eigenvalue weighted by molar-refractivity contribution is 0.473. The number of benzene rings is 1. The number of aromatic nitrogens is 2. The number of fused-ring (bicyclic) bond motifs is 1. The van der Waals surface area contributed by atoms with Crippen LogP contribution in [-0.2, 0) is 10.0 Å². The molecule has 1 saturated heterocycles. The molecule has 5 nitrogen and oxygen atoms in total. The number of rotatable bonds is 3. The van der Waals surface area contributed by atoms with Crippen molar-refractivity contribution in [2.75, 3.05) is 13.1 Å². The molecular formula is C20H21N3O2S. The Kier molecular flexibility index (Phi) is 4.25. The molecule has 134 valence electrons. The monoisotopic (exact) mass is 367 g/mol. The smallest absolute Gasteiger partial charge is 0.245 e.